The molecule has 1 N–H and O–H groups in total. The minimum atomic E-state index is -1.12. The number of halogens is 1. The Labute approximate surface area is 94.0 Å². The zero-order valence-corrected chi connectivity index (χ0v) is 9.15. The molecule has 0 fully saturated rings. The molecule has 0 aromatic heterocycles. The van der Waals surface area contributed by atoms with Crippen molar-refractivity contribution in [3.63, 3.8) is 0 Å². The quantitative estimate of drug-likeness (QED) is 0.788. The molecule has 1 aromatic rings. The minimum absolute atomic E-state index is 0.218. The van der Waals surface area contributed by atoms with Gasteiger partial charge in [-0.1, -0.05) is 12.1 Å². The molecule has 1 unspecified atom stereocenters. The van der Waals surface area contributed by atoms with Crippen molar-refractivity contribution in [2.75, 3.05) is 0 Å². The van der Waals surface area contributed by atoms with E-state index in [1.54, 1.807) is 18.2 Å². The summed E-state index contributed by atoms with van der Waals surface area (Å²) in [6.07, 6.45) is -0.852. The fraction of sp³-hybridized carbons (Fsp3) is 0.200. The van der Waals surface area contributed by atoms with Crippen LogP contribution in [0.25, 0.3) is 0 Å². The average molecular weight is 271 g/mol. The van der Waals surface area contributed by atoms with Crippen LogP contribution < -0.4 is 0 Å². The van der Waals surface area contributed by atoms with Crippen molar-refractivity contribution >= 4 is 27.9 Å². The normalized spacial score (nSPS) is 19.3. The third kappa shape index (κ3) is 1.74. The number of aliphatic carboxylic acids is 1. The monoisotopic (exact) mass is 270 g/mol. The molecule has 4 nitrogen and oxygen atoms in total. The van der Waals surface area contributed by atoms with Gasteiger partial charge in [-0.25, -0.2) is 9.59 Å². The summed E-state index contributed by atoms with van der Waals surface area (Å²) in [5.74, 6) is -1.70. The molecule has 1 aromatic carbocycles. The summed E-state index contributed by atoms with van der Waals surface area (Å²) in [6.45, 7) is 0. The second kappa shape index (κ2) is 3.66. The number of benzene rings is 1. The van der Waals surface area contributed by atoms with E-state index in [0.717, 1.165) is 0 Å². The number of hydrogen-bond acceptors (Lipinski definition) is 3. The van der Waals surface area contributed by atoms with Crippen LogP contribution in [-0.4, -0.2) is 23.1 Å². The number of carboxylic acids is 1. The topological polar surface area (TPSA) is 63.6 Å². The van der Waals surface area contributed by atoms with Gasteiger partial charge in [0.2, 0.25) is 6.10 Å². The number of ether oxygens (including phenoxy) is 1. The number of carbonyl (C=O) groups excluding carboxylic acids is 1. The number of cyclic esters (lactones) is 1. The highest BCUT2D eigenvalue weighted by atomic mass is 79.9. The summed E-state index contributed by atoms with van der Waals surface area (Å²) < 4.78 is 5.42. The molecule has 0 saturated carbocycles. The van der Waals surface area contributed by atoms with Crippen LogP contribution in [0.1, 0.15) is 15.9 Å². The predicted molar refractivity (Wildman–Crippen MR) is 54.7 cm³/mol. The Hall–Kier alpha value is -1.36. The molecular weight excluding hydrogens is 264 g/mol. The van der Waals surface area contributed by atoms with Gasteiger partial charge in [-0.3, -0.25) is 0 Å². The molecule has 0 saturated heterocycles. The Morgan fingerprint density at radius 3 is 2.93 bits per heavy atom. The molecule has 0 bridgehead atoms. The lowest BCUT2D eigenvalue weighted by Crippen LogP contribution is -2.34. The number of fused-ring (bicyclic) bond motifs is 1. The van der Waals surface area contributed by atoms with Crippen molar-refractivity contribution in [1.82, 2.24) is 0 Å². The number of carboxylic acid groups (broad SMARTS) is 1. The van der Waals surface area contributed by atoms with Gasteiger partial charge in [0.1, 0.15) is 0 Å². The number of hydrogen-bond donors (Lipinski definition) is 1. The molecule has 1 aliphatic heterocycles. The van der Waals surface area contributed by atoms with Gasteiger partial charge in [0.05, 0.1) is 5.56 Å². The van der Waals surface area contributed by atoms with Crippen LogP contribution in [0.15, 0.2) is 22.7 Å². The van der Waals surface area contributed by atoms with Gasteiger partial charge in [0.25, 0.3) is 0 Å². The molecule has 0 aliphatic carbocycles. The van der Waals surface area contributed by atoms with Gasteiger partial charge in [-0.2, -0.15) is 0 Å². The van der Waals surface area contributed by atoms with Crippen LogP contribution in [0, 0.1) is 0 Å². The summed E-state index contributed by atoms with van der Waals surface area (Å²) in [6, 6.07) is 5.22. The molecule has 2 rings (SSSR count). The fourth-order valence-electron chi connectivity index (χ4n) is 1.53. The fourth-order valence-corrected chi connectivity index (χ4v) is 2.10. The third-order valence-corrected chi connectivity index (χ3v) is 2.89. The predicted octanol–water partition coefficient (Wildman–Crippen LogP) is 1.62. The first-order chi connectivity index (χ1) is 7.09. The maximum atomic E-state index is 11.5. The van der Waals surface area contributed by atoms with Gasteiger partial charge in [0.15, 0.2) is 0 Å². The Morgan fingerprint density at radius 1 is 1.53 bits per heavy atom. The molecule has 0 spiro atoms. The third-order valence-electron chi connectivity index (χ3n) is 2.23. The van der Waals surface area contributed by atoms with Gasteiger partial charge in [-0.15, -0.1) is 0 Å². The molecule has 0 radical (unpaired) electrons. The van der Waals surface area contributed by atoms with Crippen molar-refractivity contribution in [2.24, 2.45) is 0 Å². The highest BCUT2D eigenvalue weighted by molar-refractivity contribution is 9.10. The van der Waals surface area contributed by atoms with Gasteiger partial charge in [0, 0.05) is 10.9 Å². The van der Waals surface area contributed by atoms with E-state index in [9.17, 15) is 9.59 Å². The van der Waals surface area contributed by atoms with E-state index < -0.39 is 18.0 Å². The summed E-state index contributed by atoms with van der Waals surface area (Å²) in [7, 11) is 0. The maximum absolute atomic E-state index is 11.5. The maximum Gasteiger partial charge on any atom is 0.345 e. The van der Waals surface area contributed by atoms with Gasteiger partial charge < -0.3 is 9.84 Å². The summed E-state index contributed by atoms with van der Waals surface area (Å²) in [5.41, 5.74) is 1.13. The lowest BCUT2D eigenvalue weighted by Gasteiger charge is -2.22. The first-order valence-electron chi connectivity index (χ1n) is 4.31. The standard InChI is InChI=1S/C10H7BrO4/c11-6-3-1-2-5-4-7(9(12)13)15-10(14)8(5)6/h1-3,7H,4H2,(H,12,13). The van der Waals surface area contributed by atoms with Crippen LogP contribution in [0.2, 0.25) is 0 Å². The molecule has 1 atom stereocenters. The number of rotatable bonds is 1. The van der Waals surface area contributed by atoms with Crippen LogP contribution in [0.4, 0.5) is 0 Å². The number of esters is 1. The minimum Gasteiger partial charge on any atom is -0.478 e. The van der Waals surface area contributed by atoms with Crippen molar-refractivity contribution in [3.8, 4) is 0 Å². The zero-order valence-electron chi connectivity index (χ0n) is 7.57. The second-order valence-corrected chi connectivity index (χ2v) is 4.06. The smallest absolute Gasteiger partial charge is 0.345 e. The van der Waals surface area contributed by atoms with Crippen molar-refractivity contribution < 1.29 is 19.4 Å². The molecule has 15 heavy (non-hydrogen) atoms. The van der Waals surface area contributed by atoms with Crippen LogP contribution in [-0.2, 0) is 16.0 Å². The Kier molecular flexibility index (Phi) is 2.48. The van der Waals surface area contributed by atoms with Crippen molar-refractivity contribution in [1.29, 1.82) is 0 Å². The van der Waals surface area contributed by atoms with Crippen LogP contribution in [0.5, 0.6) is 0 Å². The van der Waals surface area contributed by atoms with E-state index in [4.69, 9.17) is 9.84 Å². The first kappa shape index (κ1) is 10.2. The molecule has 0 amide bonds. The second-order valence-electron chi connectivity index (χ2n) is 3.21. The van der Waals surface area contributed by atoms with Crippen molar-refractivity contribution in [2.45, 2.75) is 12.5 Å². The van der Waals surface area contributed by atoms with E-state index >= 15 is 0 Å². The molecule has 1 aliphatic rings. The lowest BCUT2D eigenvalue weighted by molar-refractivity contribution is -0.147. The summed E-state index contributed by atoms with van der Waals surface area (Å²) in [4.78, 5) is 22.2. The highest BCUT2D eigenvalue weighted by Gasteiger charge is 2.32. The van der Waals surface area contributed by atoms with E-state index in [2.05, 4.69) is 15.9 Å². The van der Waals surface area contributed by atoms with Gasteiger partial charge >= 0.3 is 11.9 Å². The Bertz CT molecular complexity index is 441. The van der Waals surface area contributed by atoms with E-state index in [-0.39, 0.29) is 6.42 Å². The van der Waals surface area contributed by atoms with Gasteiger partial charge in [-0.05, 0) is 27.6 Å². The number of carbonyl (C=O) groups is 2. The van der Waals surface area contributed by atoms with E-state index in [1.165, 1.54) is 0 Å². The lowest BCUT2D eigenvalue weighted by atomic mass is 9.99. The van der Waals surface area contributed by atoms with Crippen LogP contribution in [0.3, 0.4) is 0 Å². The Morgan fingerprint density at radius 2 is 2.27 bits per heavy atom. The summed E-state index contributed by atoms with van der Waals surface area (Å²) >= 11 is 3.23. The van der Waals surface area contributed by atoms with E-state index in [0.29, 0.717) is 15.6 Å². The van der Waals surface area contributed by atoms with Crippen LogP contribution >= 0.6 is 15.9 Å². The molecule has 1 heterocycles. The summed E-state index contributed by atoms with van der Waals surface area (Å²) in [5, 5.41) is 8.76. The average Bonchev–Trinajstić information content (AvgIpc) is 2.17. The first-order valence-corrected chi connectivity index (χ1v) is 5.10. The Balaban J connectivity index is 2.45. The highest BCUT2D eigenvalue weighted by Crippen LogP contribution is 2.27. The molecule has 5 heteroatoms. The zero-order chi connectivity index (χ0) is 11.0. The van der Waals surface area contributed by atoms with E-state index in [1.807, 2.05) is 0 Å². The molecule has 78 valence electrons. The van der Waals surface area contributed by atoms with Crippen molar-refractivity contribution in [3.05, 3.63) is 33.8 Å². The SMILES string of the molecule is O=C1OC(C(=O)O)Cc2cccc(Br)c21. The molecular formula is C10H7BrO4. The largest absolute Gasteiger partial charge is 0.478 e.